The Bertz CT molecular complexity index is 319. The van der Waals surface area contributed by atoms with Crippen molar-refractivity contribution in [2.75, 3.05) is 0 Å². The summed E-state index contributed by atoms with van der Waals surface area (Å²) < 4.78 is 1.28. The molecule has 1 aromatic heterocycles. The van der Waals surface area contributed by atoms with Crippen LogP contribution in [0.4, 0.5) is 0 Å². The molecule has 14 heavy (non-hydrogen) atoms. The van der Waals surface area contributed by atoms with Gasteiger partial charge in [-0.15, -0.1) is 11.3 Å². The van der Waals surface area contributed by atoms with Gasteiger partial charge in [0.05, 0.1) is 3.79 Å². The third kappa shape index (κ3) is 2.20. The van der Waals surface area contributed by atoms with Crippen LogP contribution in [0.15, 0.2) is 9.85 Å². The van der Waals surface area contributed by atoms with Crippen LogP contribution >= 0.6 is 27.3 Å². The van der Waals surface area contributed by atoms with Gasteiger partial charge >= 0.3 is 0 Å². The highest BCUT2D eigenvalue weighted by molar-refractivity contribution is 9.11. The molecule has 0 saturated carbocycles. The Kier molecular flexibility index (Phi) is 3.30. The van der Waals surface area contributed by atoms with E-state index in [0.717, 1.165) is 0 Å². The topological polar surface area (TPSA) is 12.0 Å². The van der Waals surface area contributed by atoms with Crippen molar-refractivity contribution in [2.45, 2.75) is 45.2 Å². The average Bonchev–Trinajstić information content (AvgIpc) is 2.45. The molecule has 1 heterocycles. The molecule has 0 spiro atoms. The molecule has 2 rings (SSSR count). The molecule has 3 heteroatoms. The van der Waals surface area contributed by atoms with Gasteiger partial charge in [0.2, 0.25) is 0 Å². The van der Waals surface area contributed by atoms with Crippen LogP contribution in [0.1, 0.15) is 43.2 Å². The molecule has 1 aromatic rings. The summed E-state index contributed by atoms with van der Waals surface area (Å²) in [5.41, 5.74) is 1.53. The molecule has 1 N–H and O–H groups in total. The number of halogens is 1. The highest BCUT2D eigenvalue weighted by Gasteiger charge is 2.22. The van der Waals surface area contributed by atoms with Gasteiger partial charge in [-0.1, -0.05) is 13.8 Å². The van der Waals surface area contributed by atoms with E-state index in [0.29, 0.717) is 12.1 Å². The zero-order chi connectivity index (χ0) is 10.1. The first kappa shape index (κ1) is 10.7. The maximum absolute atomic E-state index is 3.64. The van der Waals surface area contributed by atoms with Gasteiger partial charge in [-0.3, -0.25) is 0 Å². The number of rotatable bonds is 2. The number of aryl methyl sites for hydroxylation is 1. The summed E-state index contributed by atoms with van der Waals surface area (Å²) >= 11 is 5.47. The second kappa shape index (κ2) is 4.33. The Morgan fingerprint density at radius 2 is 2.36 bits per heavy atom. The highest BCUT2D eigenvalue weighted by Crippen LogP contribution is 2.37. The van der Waals surface area contributed by atoms with E-state index in [1.54, 1.807) is 4.88 Å². The van der Waals surface area contributed by atoms with Crippen LogP contribution < -0.4 is 5.32 Å². The fraction of sp³-hybridized carbons (Fsp3) is 0.636. The lowest BCUT2D eigenvalue weighted by Crippen LogP contribution is -2.30. The Hall–Kier alpha value is 0.140. The van der Waals surface area contributed by atoms with Gasteiger partial charge in [0.15, 0.2) is 0 Å². The maximum atomic E-state index is 3.64. The molecule has 0 amide bonds. The predicted octanol–water partition coefficient (Wildman–Crippen LogP) is 3.89. The van der Waals surface area contributed by atoms with Crippen molar-refractivity contribution < 1.29 is 0 Å². The van der Waals surface area contributed by atoms with Gasteiger partial charge in [-0.25, -0.2) is 0 Å². The van der Waals surface area contributed by atoms with E-state index in [9.17, 15) is 0 Å². The van der Waals surface area contributed by atoms with Crippen molar-refractivity contribution in [3.63, 3.8) is 0 Å². The van der Waals surface area contributed by atoms with Gasteiger partial charge in [0.25, 0.3) is 0 Å². The molecule has 0 aliphatic heterocycles. The van der Waals surface area contributed by atoms with E-state index in [1.807, 2.05) is 11.3 Å². The Morgan fingerprint density at radius 1 is 1.57 bits per heavy atom. The largest absolute Gasteiger partial charge is 0.308 e. The molecule has 0 radical (unpaired) electrons. The Balaban J connectivity index is 2.21. The van der Waals surface area contributed by atoms with Crippen molar-refractivity contribution >= 4 is 27.3 Å². The van der Waals surface area contributed by atoms with Crippen molar-refractivity contribution in [3.05, 3.63) is 20.3 Å². The third-order valence-corrected chi connectivity index (χ3v) is 4.33. The van der Waals surface area contributed by atoms with Crippen LogP contribution in [0.25, 0.3) is 0 Å². The molecule has 1 unspecified atom stereocenters. The van der Waals surface area contributed by atoms with E-state index in [-0.39, 0.29) is 0 Å². The van der Waals surface area contributed by atoms with Gasteiger partial charge < -0.3 is 5.32 Å². The summed E-state index contributed by atoms with van der Waals surface area (Å²) in [6.07, 6.45) is 3.88. The van der Waals surface area contributed by atoms with Gasteiger partial charge in [0, 0.05) is 17.0 Å². The van der Waals surface area contributed by atoms with E-state index in [2.05, 4.69) is 41.2 Å². The molecule has 78 valence electrons. The van der Waals surface area contributed by atoms with Gasteiger partial charge in [-0.05, 0) is 46.8 Å². The summed E-state index contributed by atoms with van der Waals surface area (Å²) in [4.78, 5) is 1.57. The molecule has 1 atom stereocenters. The maximum Gasteiger partial charge on any atom is 0.0704 e. The number of thiophene rings is 1. The molecule has 1 nitrogen and oxygen atoms in total. The normalized spacial score (nSPS) is 21.3. The van der Waals surface area contributed by atoms with Crippen LogP contribution in [-0.4, -0.2) is 6.04 Å². The van der Waals surface area contributed by atoms with Crippen LogP contribution in [0.3, 0.4) is 0 Å². The number of nitrogens with one attached hydrogen (secondary N) is 1. The van der Waals surface area contributed by atoms with Crippen molar-refractivity contribution in [1.82, 2.24) is 5.32 Å². The summed E-state index contributed by atoms with van der Waals surface area (Å²) in [5.74, 6) is 0. The van der Waals surface area contributed by atoms with E-state index in [4.69, 9.17) is 0 Å². The first-order chi connectivity index (χ1) is 6.66. The fourth-order valence-corrected chi connectivity index (χ4v) is 3.92. The SMILES string of the molecule is CC(C)NC1CCCc2sc(Br)cc21. The van der Waals surface area contributed by atoms with Crippen LogP contribution in [0.2, 0.25) is 0 Å². The highest BCUT2D eigenvalue weighted by atomic mass is 79.9. The number of fused-ring (bicyclic) bond motifs is 1. The minimum atomic E-state index is 0.574. The van der Waals surface area contributed by atoms with Gasteiger partial charge in [0.1, 0.15) is 0 Å². The van der Waals surface area contributed by atoms with E-state index in [1.165, 1.54) is 28.6 Å². The zero-order valence-electron chi connectivity index (χ0n) is 8.64. The molecular weight excluding hydrogens is 258 g/mol. The summed E-state index contributed by atoms with van der Waals surface area (Å²) in [5, 5.41) is 3.64. The smallest absolute Gasteiger partial charge is 0.0704 e. The molecule has 0 fully saturated rings. The summed E-state index contributed by atoms with van der Waals surface area (Å²) in [7, 11) is 0. The lowest BCUT2D eigenvalue weighted by Gasteiger charge is -2.25. The van der Waals surface area contributed by atoms with E-state index >= 15 is 0 Å². The monoisotopic (exact) mass is 273 g/mol. The third-order valence-electron chi connectivity index (χ3n) is 2.62. The van der Waals surface area contributed by atoms with Crippen LogP contribution in [0.5, 0.6) is 0 Å². The molecule has 1 aliphatic rings. The van der Waals surface area contributed by atoms with Crippen LogP contribution in [0, 0.1) is 0 Å². The molecule has 0 bridgehead atoms. The quantitative estimate of drug-likeness (QED) is 0.862. The minimum Gasteiger partial charge on any atom is -0.308 e. The number of hydrogen-bond acceptors (Lipinski definition) is 2. The van der Waals surface area contributed by atoms with Crippen molar-refractivity contribution in [1.29, 1.82) is 0 Å². The summed E-state index contributed by atoms with van der Waals surface area (Å²) in [6.45, 7) is 4.44. The average molecular weight is 274 g/mol. The van der Waals surface area contributed by atoms with Crippen molar-refractivity contribution in [3.8, 4) is 0 Å². The molecular formula is C11H16BrNS. The predicted molar refractivity (Wildman–Crippen MR) is 66.0 cm³/mol. The second-order valence-corrected chi connectivity index (χ2v) is 6.71. The van der Waals surface area contributed by atoms with Crippen LogP contribution in [-0.2, 0) is 6.42 Å². The zero-order valence-corrected chi connectivity index (χ0v) is 11.0. The molecule has 0 saturated heterocycles. The first-order valence-electron chi connectivity index (χ1n) is 5.21. The lowest BCUT2D eigenvalue weighted by atomic mass is 9.93. The molecule has 0 aromatic carbocycles. The fourth-order valence-electron chi connectivity index (χ4n) is 2.10. The Morgan fingerprint density at radius 3 is 3.07 bits per heavy atom. The number of hydrogen-bond donors (Lipinski definition) is 1. The standard InChI is InChI=1S/C11H16BrNS/c1-7(2)13-9-4-3-5-10-8(9)6-11(12)14-10/h6-7,9,13H,3-5H2,1-2H3. The summed E-state index contributed by atoms with van der Waals surface area (Å²) in [6, 6.07) is 3.45. The van der Waals surface area contributed by atoms with Crippen molar-refractivity contribution in [2.24, 2.45) is 0 Å². The minimum absolute atomic E-state index is 0.574. The van der Waals surface area contributed by atoms with Gasteiger partial charge in [-0.2, -0.15) is 0 Å². The molecule has 1 aliphatic carbocycles. The first-order valence-corrected chi connectivity index (χ1v) is 6.82. The Labute approximate surface area is 98.0 Å². The van der Waals surface area contributed by atoms with E-state index < -0.39 is 0 Å². The lowest BCUT2D eigenvalue weighted by molar-refractivity contribution is 0.426. The second-order valence-electron chi connectivity index (χ2n) is 4.20.